The lowest BCUT2D eigenvalue weighted by atomic mass is 10.3. The first-order valence-electron chi connectivity index (χ1n) is 4.76. The molecular formula is C10H9BrCl2N2O3. The number of benzene rings is 1. The molecule has 1 rings (SSSR count). The number of rotatable bonds is 3. The lowest BCUT2D eigenvalue weighted by Gasteiger charge is -2.13. The summed E-state index contributed by atoms with van der Waals surface area (Å²) in [6.45, 7) is 1.34. The number of carbonyl (C=O) groups is 2. The highest BCUT2D eigenvalue weighted by Crippen LogP contribution is 2.33. The van der Waals surface area contributed by atoms with Crippen molar-refractivity contribution in [3.8, 4) is 0 Å². The predicted molar refractivity (Wildman–Crippen MR) is 73.4 cm³/mol. The summed E-state index contributed by atoms with van der Waals surface area (Å²) in [5.74, 6) is -1.14. The van der Waals surface area contributed by atoms with Crippen LogP contribution in [-0.4, -0.2) is 23.1 Å². The lowest BCUT2D eigenvalue weighted by Crippen LogP contribution is -2.40. The highest BCUT2D eigenvalue weighted by atomic mass is 79.9. The highest BCUT2D eigenvalue weighted by molar-refractivity contribution is 9.10. The number of anilines is 1. The van der Waals surface area contributed by atoms with Crippen molar-refractivity contribution in [2.75, 3.05) is 5.32 Å². The minimum Gasteiger partial charge on any atom is -0.480 e. The van der Waals surface area contributed by atoms with Crippen molar-refractivity contribution < 1.29 is 14.7 Å². The van der Waals surface area contributed by atoms with Gasteiger partial charge in [0.25, 0.3) is 0 Å². The van der Waals surface area contributed by atoms with Gasteiger partial charge in [-0.2, -0.15) is 0 Å². The van der Waals surface area contributed by atoms with E-state index in [0.29, 0.717) is 4.47 Å². The van der Waals surface area contributed by atoms with Crippen LogP contribution in [0.2, 0.25) is 10.0 Å². The molecule has 5 nitrogen and oxygen atoms in total. The third kappa shape index (κ3) is 4.04. The number of aliphatic carboxylic acids is 1. The van der Waals surface area contributed by atoms with E-state index in [9.17, 15) is 9.59 Å². The third-order valence-corrected chi connectivity index (χ3v) is 3.02. The summed E-state index contributed by atoms with van der Waals surface area (Å²) in [6.07, 6.45) is 0. The van der Waals surface area contributed by atoms with Crippen molar-refractivity contribution >= 4 is 56.8 Å². The van der Waals surface area contributed by atoms with E-state index in [2.05, 4.69) is 26.6 Å². The maximum atomic E-state index is 11.5. The maximum absolute atomic E-state index is 11.5. The van der Waals surface area contributed by atoms with E-state index in [0.717, 1.165) is 0 Å². The third-order valence-electron chi connectivity index (χ3n) is 1.96. The van der Waals surface area contributed by atoms with Gasteiger partial charge in [0.1, 0.15) is 6.04 Å². The van der Waals surface area contributed by atoms with E-state index in [1.807, 2.05) is 0 Å². The smallest absolute Gasteiger partial charge is 0.325 e. The number of carbonyl (C=O) groups excluding carboxylic acids is 1. The van der Waals surface area contributed by atoms with Crippen LogP contribution in [0.15, 0.2) is 16.6 Å². The minimum absolute atomic E-state index is 0.219. The number of hydrogen-bond acceptors (Lipinski definition) is 2. The zero-order valence-corrected chi connectivity index (χ0v) is 12.2. The molecule has 0 spiro atoms. The SMILES string of the molecule is C[C@@H](NC(=O)Nc1c(Cl)cc(Br)cc1Cl)C(=O)O. The van der Waals surface area contributed by atoms with Crippen molar-refractivity contribution in [2.24, 2.45) is 0 Å². The molecule has 0 saturated heterocycles. The van der Waals surface area contributed by atoms with Crippen molar-refractivity contribution in [1.29, 1.82) is 0 Å². The predicted octanol–water partition coefficient (Wildman–Crippen LogP) is 3.35. The fourth-order valence-corrected chi connectivity index (χ4v) is 2.37. The minimum atomic E-state index is -1.14. The van der Waals surface area contributed by atoms with Crippen LogP contribution in [0.4, 0.5) is 10.5 Å². The van der Waals surface area contributed by atoms with Crippen LogP contribution >= 0.6 is 39.1 Å². The van der Waals surface area contributed by atoms with Crippen molar-refractivity contribution in [3.63, 3.8) is 0 Å². The fourth-order valence-electron chi connectivity index (χ4n) is 1.07. The van der Waals surface area contributed by atoms with E-state index >= 15 is 0 Å². The fraction of sp³-hybridized carbons (Fsp3) is 0.200. The van der Waals surface area contributed by atoms with Crippen LogP contribution in [0.3, 0.4) is 0 Å². The molecule has 2 amide bonds. The molecule has 3 N–H and O–H groups in total. The molecule has 0 aliphatic carbocycles. The number of halogens is 3. The molecule has 0 saturated carbocycles. The molecule has 98 valence electrons. The normalized spacial score (nSPS) is 11.8. The molecule has 0 aromatic heterocycles. The number of carboxylic acids is 1. The molecule has 1 aromatic rings. The number of urea groups is 1. The maximum Gasteiger partial charge on any atom is 0.325 e. The van der Waals surface area contributed by atoms with Gasteiger partial charge < -0.3 is 15.7 Å². The second-order valence-corrected chi connectivity index (χ2v) is 5.13. The van der Waals surface area contributed by atoms with Gasteiger partial charge in [0, 0.05) is 4.47 Å². The first-order valence-corrected chi connectivity index (χ1v) is 6.31. The molecule has 1 aromatic carbocycles. The second kappa shape index (κ2) is 6.26. The number of hydrogen-bond donors (Lipinski definition) is 3. The Balaban J connectivity index is 2.80. The Morgan fingerprint density at radius 2 is 1.83 bits per heavy atom. The number of amides is 2. The zero-order chi connectivity index (χ0) is 13.9. The average Bonchev–Trinajstić information content (AvgIpc) is 2.23. The molecular weight excluding hydrogens is 347 g/mol. The summed E-state index contributed by atoms with van der Waals surface area (Å²) in [5, 5.41) is 13.7. The summed E-state index contributed by atoms with van der Waals surface area (Å²) in [4.78, 5) is 22.1. The molecule has 0 radical (unpaired) electrons. The van der Waals surface area contributed by atoms with Gasteiger partial charge in [0.2, 0.25) is 0 Å². The van der Waals surface area contributed by atoms with Gasteiger partial charge in [-0.3, -0.25) is 4.79 Å². The van der Waals surface area contributed by atoms with Crippen molar-refractivity contribution in [2.45, 2.75) is 13.0 Å². The topological polar surface area (TPSA) is 78.4 Å². The highest BCUT2D eigenvalue weighted by Gasteiger charge is 2.16. The number of nitrogens with one attached hydrogen (secondary N) is 2. The molecule has 0 fully saturated rings. The van der Waals surface area contributed by atoms with Gasteiger partial charge in [-0.1, -0.05) is 39.1 Å². The van der Waals surface area contributed by atoms with Crippen LogP contribution in [-0.2, 0) is 4.79 Å². The van der Waals surface area contributed by atoms with E-state index in [-0.39, 0.29) is 15.7 Å². The Labute approximate surface area is 122 Å². The first kappa shape index (κ1) is 15.1. The second-order valence-electron chi connectivity index (χ2n) is 3.40. The summed E-state index contributed by atoms with van der Waals surface area (Å²) in [5.41, 5.74) is 0.219. The van der Waals surface area contributed by atoms with Crippen LogP contribution in [0.1, 0.15) is 6.92 Å². The number of carboxylic acid groups (broad SMARTS) is 1. The Morgan fingerprint density at radius 3 is 2.28 bits per heavy atom. The molecule has 0 aliphatic rings. The molecule has 0 unspecified atom stereocenters. The molecule has 18 heavy (non-hydrogen) atoms. The largest absolute Gasteiger partial charge is 0.480 e. The van der Waals surface area contributed by atoms with Crippen LogP contribution < -0.4 is 10.6 Å². The van der Waals surface area contributed by atoms with Gasteiger partial charge >= 0.3 is 12.0 Å². The summed E-state index contributed by atoms with van der Waals surface area (Å²) < 4.78 is 0.669. The molecule has 0 bridgehead atoms. The molecule has 0 aliphatic heterocycles. The quantitative estimate of drug-likeness (QED) is 0.777. The Kier molecular flexibility index (Phi) is 5.25. The lowest BCUT2D eigenvalue weighted by molar-refractivity contribution is -0.138. The zero-order valence-electron chi connectivity index (χ0n) is 9.13. The van der Waals surface area contributed by atoms with Crippen LogP contribution in [0.25, 0.3) is 0 Å². The van der Waals surface area contributed by atoms with Crippen LogP contribution in [0, 0.1) is 0 Å². The summed E-state index contributed by atoms with van der Waals surface area (Å²) in [7, 11) is 0. The van der Waals surface area contributed by atoms with Gasteiger partial charge in [-0.05, 0) is 19.1 Å². The average molecular weight is 356 g/mol. The molecule has 1 atom stereocenters. The van der Waals surface area contributed by atoms with E-state index in [1.54, 1.807) is 12.1 Å². The Hall–Kier alpha value is -0.980. The van der Waals surface area contributed by atoms with Crippen molar-refractivity contribution in [1.82, 2.24) is 5.32 Å². The van der Waals surface area contributed by atoms with Gasteiger partial charge in [-0.25, -0.2) is 4.79 Å². The summed E-state index contributed by atoms with van der Waals surface area (Å²) >= 11 is 15.0. The van der Waals surface area contributed by atoms with Crippen LogP contribution in [0.5, 0.6) is 0 Å². The van der Waals surface area contributed by atoms with E-state index in [4.69, 9.17) is 28.3 Å². The van der Waals surface area contributed by atoms with Gasteiger partial charge in [0.15, 0.2) is 0 Å². The standard InChI is InChI=1S/C10H9BrCl2N2O3/c1-4(9(16)17)14-10(18)15-8-6(12)2-5(11)3-7(8)13/h2-4H,1H3,(H,16,17)(H2,14,15,18)/t4-/m1/s1. The first-order chi connectivity index (χ1) is 8.31. The van der Waals surface area contributed by atoms with E-state index < -0.39 is 18.0 Å². The molecule has 0 heterocycles. The monoisotopic (exact) mass is 354 g/mol. The van der Waals surface area contributed by atoms with E-state index in [1.165, 1.54) is 6.92 Å². The van der Waals surface area contributed by atoms with Crippen molar-refractivity contribution in [3.05, 3.63) is 26.7 Å². The van der Waals surface area contributed by atoms with Gasteiger partial charge in [-0.15, -0.1) is 0 Å². The Morgan fingerprint density at radius 1 is 1.33 bits per heavy atom. The van der Waals surface area contributed by atoms with Gasteiger partial charge in [0.05, 0.1) is 15.7 Å². The summed E-state index contributed by atoms with van der Waals surface area (Å²) in [6, 6.07) is 1.40. The molecule has 8 heteroatoms. The Bertz CT molecular complexity index is 473.